The minimum Gasteiger partial charge on any atom is -0.495 e. The van der Waals surface area contributed by atoms with Crippen molar-refractivity contribution in [2.24, 2.45) is 0 Å². The van der Waals surface area contributed by atoms with E-state index in [2.05, 4.69) is 5.32 Å². The number of anilines is 1. The number of methoxy groups -OCH3 is 1. The zero-order valence-corrected chi connectivity index (χ0v) is 25.5. The number of nitrogens with one attached hydrogen (secondary N) is 1. The third-order valence-corrected chi connectivity index (χ3v) is 7.96. The average Bonchev–Trinajstić information content (AvgIpc) is 2.93. The number of hydrogen-bond acceptors (Lipinski definition) is 5. The van der Waals surface area contributed by atoms with E-state index in [0.717, 1.165) is 17.4 Å². The molecule has 0 aliphatic rings. The molecular weight excluding hydrogens is 562 g/mol. The van der Waals surface area contributed by atoms with E-state index >= 15 is 0 Å². The van der Waals surface area contributed by atoms with Gasteiger partial charge in [-0.2, -0.15) is 0 Å². The number of carbonyl (C=O) groups excluding carboxylic acids is 2. The van der Waals surface area contributed by atoms with E-state index in [1.807, 2.05) is 74.5 Å². The normalized spacial score (nSPS) is 12.0. The second-order valence-corrected chi connectivity index (χ2v) is 12.4. The second kappa shape index (κ2) is 14.9. The van der Waals surface area contributed by atoms with Crippen LogP contribution in [0, 0.1) is 0 Å². The molecule has 0 spiro atoms. The summed E-state index contributed by atoms with van der Waals surface area (Å²) in [7, 11) is -2.18. The van der Waals surface area contributed by atoms with E-state index in [-0.39, 0.29) is 48.8 Å². The van der Waals surface area contributed by atoms with Gasteiger partial charge in [0.15, 0.2) is 0 Å². The highest BCUT2D eigenvalue weighted by molar-refractivity contribution is 7.92. The SMILES string of the molecule is COc1ccc(N(CCCC(=O)N(Cc2ccccc2)C(Cc2ccccc2)C(=O)NC(C)C)S(C)(=O)=O)cc1Cl. The minimum atomic E-state index is -3.66. The number of benzene rings is 3. The van der Waals surface area contributed by atoms with Crippen molar-refractivity contribution < 1.29 is 22.7 Å². The molecule has 0 aliphatic heterocycles. The summed E-state index contributed by atoms with van der Waals surface area (Å²) in [5.41, 5.74) is 2.20. The largest absolute Gasteiger partial charge is 0.495 e. The zero-order chi connectivity index (χ0) is 30.0. The van der Waals surface area contributed by atoms with Gasteiger partial charge in [0.25, 0.3) is 0 Å². The fourth-order valence-corrected chi connectivity index (χ4v) is 5.74. The highest BCUT2D eigenvalue weighted by Crippen LogP contribution is 2.30. The molecule has 220 valence electrons. The van der Waals surface area contributed by atoms with Crippen LogP contribution in [0.5, 0.6) is 5.75 Å². The predicted octanol–water partition coefficient (Wildman–Crippen LogP) is 5.06. The van der Waals surface area contributed by atoms with Gasteiger partial charge in [0.05, 0.1) is 24.1 Å². The molecular formula is C31H38ClN3O5S. The van der Waals surface area contributed by atoms with E-state index in [1.165, 1.54) is 17.5 Å². The molecule has 0 saturated heterocycles. The number of hydrogen-bond donors (Lipinski definition) is 1. The van der Waals surface area contributed by atoms with Crippen LogP contribution >= 0.6 is 11.6 Å². The Morgan fingerprint density at radius 3 is 2.10 bits per heavy atom. The lowest BCUT2D eigenvalue weighted by atomic mass is 10.0. The molecule has 0 saturated carbocycles. The van der Waals surface area contributed by atoms with Crippen LogP contribution in [-0.4, -0.2) is 57.1 Å². The minimum absolute atomic E-state index is 0.0446. The molecule has 3 aromatic rings. The number of halogens is 1. The van der Waals surface area contributed by atoms with Crippen LogP contribution in [0.4, 0.5) is 5.69 Å². The predicted molar refractivity (Wildman–Crippen MR) is 164 cm³/mol. The van der Waals surface area contributed by atoms with Crippen LogP contribution < -0.4 is 14.4 Å². The molecule has 1 N–H and O–H groups in total. The number of ether oxygens (including phenoxy) is 1. The summed E-state index contributed by atoms with van der Waals surface area (Å²) in [6.45, 7) is 4.07. The van der Waals surface area contributed by atoms with Crippen molar-refractivity contribution in [1.29, 1.82) is 0 Å². The Morgan fingerprint density at radius 1 is 0.951 bits per heavy atom. The van der Waals surface area contributed by atoms with Crippen LogP contribution in [0.1, 0.15) is 37.8 Å². The number of carbonyl (C=O) groups is 2. The maximum atomic E-state index is 13.8. The zero-order valence-electron chi connectivity index (χ0n) is 23.9. The van der Waals surface area contributed by atoms with Gasteiger partial charge < -0.3 is 15.0 Å². The molecule has 0 bridgehead atoms. The number of nitrogens with zero attached hydrogens (tertiary/aromatic N) is 2. The van der Waals surface area contributed by atoms with Crippen LogP contribution in [0.3, 0.4) is 0 Å². The molecule has 0 radical (unpaired) electrons. The smallest absolute Gasteiger partial charge is 0.243 e. The van der Waals surface area contributed by atoms with Crippen molar-refractivity contribution >= 4 is 39.1 Å². The van der Waals surface area contributed by atoms with Crippen LogP contribution in [-0.2, 0) is 32.6 Å². The molecule has 0 fully saturated rings. The lowest BCUT2D eigenvalue weighted by Crippen LogP contribution is -2.51. The Kier molecular flexibility index (Phi) is 11.6. The van der Waals surface area contributed by atoms with E-state index < -0.39 is 16.1 Å². The molecule has 0 aromatic heterocycles. The van der Waals surface area contributed by atoms with Crippen molar-refractivity contribution in [3.05, 3.63) is 95.0 Å². The number of sulfonamides is 1. The van der Waals surface area contributed by atoms with Gasteiger partial charge in [0, 0.05) is 32.0 Å². The van der Waals surface area contributed by atoms with Gasteiger partial charge in [0.1, 0.15) is 11.8 Å². The molecule has 8 nitrogen and oxygen atoms in total. The highest BCUT2D eigenvalue weighted by Gasteiger charge is 2.31. The summed E-state index contributed by atoms with van der Waals surface area (Å²) in [4.78, 5) is 28.9. The quantitative estimate of drug-likeness (QED) is 0.279. The van der Waals surface area contributed by atoms with Crippen molar-refractivity contribution in [3.8, 4) is 5.75 Å². The Morgan fingerprint density at radius 2 is 1.56 bits per heavy atom. The van der Waals surface area contributed by atoms with Gasteiger partial charge in [-0.3, -0.25) is 13.9 Å². The standard InChI is InChI=1S/C31H38ClN3O5S/c1-23(2)33-31(37)28(20-24-12-7-5-8-13-24)34(22-25-14-9-6-10-15-25)30(36)16-11-19-35(41(4,38)39)26-17-18-29(40-3)27(32)21-26/h5-10,12-15,17-18,21,23,28H,11,16,19-20,22H2,1-4H3,(H,33,37). The molecule has 0 heterocycles. The van der Waals surface area contributed by atoms with Crippen molar-refractivity contribution in [3.63, 3.8) is 0 Å². The van der Waals surface area contributed by atoms with Crippen LogP contribution in [0.2, 0.25) is 5.02 Å². The summed E-state index contributed by atoms with van der Waals surface area (Å²) >= 11 is 6.25. The first-order chi connectivity index (χ1) is 19.5. The number of amides is 2. The molecule has 41 heavy (non-hydrogen) atoms. The first-order valence-corrected chi connectivity index (χ1v) is 15.7. The second-order valence-electron chi connectivity index (χ2n) is 10.1. The summed E-state index contributed by atoms with van der Waals surface area (Å²) in [6, 6.07) is 23.0. The summed E-state index contributed by atoms with van der Waals surface area (Å²) in [5, 5.41) is 3.25. The first kappa shape index (κ1) is 32.0. The van der Waals surface area contributed by atoms with Gasteiger partial charge in [-0.25, -0.2) is 8.42 Å². The number of rotatable bonds is 14. The topological polar surface area (TPSA) is 96.0 Å². The monoisotopic (exact) mass is 599 g/mol. The average molecular weight is 600 g/mol. The third-order valence-electron chi connectivity index (χ3n) is 6.47. The maximum absolute atomic E-state index is 13.8. The van der Waals surface area contributed by atoms with Gasteiger partial charge in [-0.05, 0) is 49.6 Å². The van der Waals surface area contributed by atoms with Crippen LogP contribution in [0.25, 0.3) is 0 Å². The maximum Gasteiger partial charge on any atom is 0.243 e. The summed E-state index contributed by atoms with van der Waals surface area (Å²) < 4.78 is 31.7. The lowest BCUT2D eigenvalue weighted by Gasteiger charge is -2.32. The lowest BCUT2D eigenvalue weighted by molar-refractivity contribution is -0.141. The van der Waals surface area contributed by atoms with Gasteiger partial charge in [-0.1, -0.05) is 72.3 Å². The van der Waals surface area contributed by atoms with Crippen molar-refractivity contribution in [2.45, 2.75) is 51.7 Å². The van der Waals surface area contributed by atoms with Crippen molar-refractivity contribution in [2.75, 3.05) is 24.2 Å². The molecule has 1 atom stereocenters. The first-order valence-electron chi connectivity index (χ1n) is 13.5. The Hall–Kier alpha value is -3.56. The molecule has 2 amide bonds. The highest BCUT2D eigenvalue weighted by atomic mass is 35.5. The van der Waals surface area contributed by atoms with E-state index in [4.69, 9.17) is 16.3 Å². The third kappa shape index (κ3) is 9.50. The molecule has 0 aliphatic carbocycles. The van der Waals surface area contributed by atoms with Gasteiger partial charge in [0.2, 0.25) is 21.8 Å². The fraction of sp³-hybridized carbons (Fsp3) is 0.355. The molecule has 1 unspecified atom stereocenters. The molecule has 10 heteroatoms. The summed E-state index contributed by atoms with van der Waals surface area (Å²) in [6.07, 6.45) is 1.74. The van der Waals surface area contributed by atoms with Crippen LogP contribution in [0.15, 0.2) is 78.9 Å². The van der Waals surface area contributed by atoms with Gasteiger partial charge in [-0.15, -0.1) is 0 Å². The Labute approximate surface area is 248 Å². The fourth-order valence-electron chi connectivity index (χ4n) is 4.53. The molecule has 3 rings (SSSR count). The van der Waals surface area contributed by atoms with E-state index in [1.54, 1.807) is 17.0 Å². The van der Waals surface area contributed by atoms with E-state index in [0.29, 0.717) is 17.9 Å². The molecule has 3 aromatic carbocycles. The Balaban J connectivity index is 1.86. The van der Waals surface area contributed by atoms with E-state index in [9.17, 15) is 18.0 Å². The van der Waals surface area contributed by atoms with Crippen molar-refractivity contribution in [1.82, 2.24) is 10.2 Å². The summed E-state index contributed by atoms with van der Waals surface area (Å²) in [5.74, 6) is -0.0478. The Bertz CT molecular complexity index is 1400. The van der Waals surface area contributed by atoms with Gasteiger partial charge >= 0.3 is 0 Å².